The molecule has 9 rings (SSSR count). The molecule has 0 bridgehead atoms. The summed E-state index contributed by atoms with van der Waals surface area (Å²) in [6.07, 6.45) is 2.72. The van der Waals surface area contributed by atoms with Gasteiger partial charge >= 0.3 is 0 Å². The number of hydrogen-bond donors (Lipinski definition) is 0. The van der Waals surface area contributed by atoms with Gasteiger partial charge in [-0.25, -0.2) is 0 Å². The highest BCUT2D eigenvalue weighted by molar-refractivity contribution is 7.00. The van der Waals surface area contributed by atoms with Crippen molar-refractivity contribution in [1.82, 2.24) is 0 Å². The normalized spacial score (nSPS) is 22.8. The molecule has 58 heavy (non-hydrogen) atoms. The molecular formula is C55H67BN2. The van der Waals surface area contributed by atoms with Crippen molar-refractivity contribution in [1.29, 1.82) is 0 Å². The molecule has 0 N–H and O–H groups in total. The first-order chi connectivity index (χ1) is 32.8. The van der Waals surface area contributed by atoms with E-state index in [1.807, 2.05) is 76.2 Å². The maximum Gasteiger partial charge on any atom is 0.252 e. The van der Waals surface area contributed by atoms with Crippen molar-refractivity contribution in [2.45, 2.75) is 162 Å². The van der Waals surface area contributed by atoms with E-state index in [-0.39, 0.29) is 134 Å². The van der Waals surface area contributed by atoms with Crippen molar-refractivity contribution in [2.24, 2.45) is 0 Å². The third-order valence-electron chi connectivity index (χ3n) is 13.5. The topological polar surface area (TPSA) is 6.48 Å². The minimum atomic E-state index is -1.29. The van der Waals surface area contributed by atoms with Crippen LogP contribution in [0.1, 0.15) is 181 Å². The van der Waals surface area contributed by atoms with Gasteiger partial charge in [0.1, 0.15) is 0 Å². The van der Waals surface area contributed by atoms with Gasteiger partial charge in [-0.2, -0.15) is 0 Å². The molecule has 4 aliphatic rings. The molecule has 5 aromatic rings. The molecule has 300 valence electrons. The van der Waals surface area contributed by atoms with Gasteiger partial charge in [0, 0.05) is 34.1 Å². The predicted octanol–water partition coefficient (Wildman–Crippen LogP) is 13.4. The van der Waals surface area contributed by atoms with E-state index in [0.717, 1.165) is 0 Å². The second-order valence-electron chi connectivity index (χ2n) is 22.1. The molecule has 2 aliphatic heterocycles. The molecule has 2 aliphatic carbocycles. The maximum absolute atomic E-state index is 10.7. The van der Waals surface area contributed by atoms with Crippen LogP contribution in [0.5, 0.6) is 0 Å². The third-order valence-corrected chi connectivity index (χ3v) is 13.5. The highest BCUT2D eigenvalue weighted by Crippen LogP contribution is 2.52. The Kier molecular flexibility index (Phi) is 5.58. The Balaban J connectivity index is 1.62. The van der Waals surface area contributed by atoms with Gasteiger partial charge in [0.05, 0.1) is 19.2 Å². The summed E-state index contributed by atoms with van der Waals surface area (Å²) < 4.78 is 141. The smallest absolute Gasteiger partial charge is 0.252 e. The monoisotopic (exact) mass is 781 g/mol. The Morgan fingerprint density at radius 2 is 0.914 bits per heavy atom. The van der Waals surface area contributed by atoms with Crippen molar-refractivity contribution in [2.75, 3.05) is 9.80 Å². The molecule has 0 unspecified atom stereocenters. The minimum absolute atomic E-state index is 0.00253. The fourth-order valence-electron chi connectivity index (χ4n) is 9.51. The van der Waals surface area contributed by atoms with Crippen molar-refractivity contribution in [3.8, 4) is 0 Å². The summed E-state index contributed by atoms with van der Waals surface area (Å²) in [5.74, 6) is 0. The molecule has 0 saturated heterocycles. The van der Waals surface area contributed by atoms with Crippen LogP contribution in [0.3, 0.4) is 0 Å². The Hall–Kier alpha value is -4.24. The van der Waals surface area contributed by atoms with Crippen LogP contribution in [0.2, 0.25) is 0 Å². The lowest BCUT2D eigenvalue weighted by atomic mass is 9.33. The third kappa shape index (κ3) is 5.95. The summed E-state index contributed by atoms with van der Waals surface area (Å²) in [6, 6.07) is -3.46. The molecule has 0 atom stereocenters. The highest BCUT2D eigenvalue weighted by atomic mass is 15.2. The van der Waals surface area contributed by atoms with Gasteiger partial charge in [0.15, 0.2) is 0 Å². The second kappa shape index (κ2) is 12.4. The maximum atomic E-state index is 10.7. The summed E-state index contributed by atoms with van der Waals surface area (Å²) in [4.78, 5) is 2.86. The van der Waals surface area contributed by atoms with Crippen LogP contribution >= 0.6 is 0 Å². The van der Waals surface area contributed by atoms with Crippen LogP contribution in [0.4, 0.5) is 34.1 Å². The van der Waals surface area contributed by atoms with Gasteiger partial charge in [-0.05, 0) is 169 Å². The Labute approximate surface area is 371 Å². The average Bonchev–Trinajstić information content (AvgIpc) is 3.24. The largest absolute Gasteiger partial charge is 0.311 e. The predicted molar refractivity (Wildman–Crippen MR) is 253 cm³/mol. The summed E-state index contributed by atoms with van der Waals surface area (Å²) in [5, 5.41) is 0. The van der Waals surface area contributed by atoms with Gasteiger partial charge in [0.2, 0.25) is 0 Å². The molecule has 3 heteroatoms. The quantitative estimate of drug-likeness (QED) is 0.161. The fraction of sp³-hybridized carbons (Fsp3) is 0.455. The highest BCUT2D eigenvalue weighted by Gasteiger charge is 2.47. The van der Waals surface area contributed by atoms with E-state index < -0.39 is 57.3 Å². The first-order valence-electron chi connectivity index (χ1n) is 28.1. The van der Waals surface area contributed by atoms with E-state index in [1.54, 1.807) is 32.6 Å². The van der Waals surface area contributed by atoms with E-state index >= 15 is 0 Å². The number of nitrogens with zero attached hydrogens (tertiary/aromatic N) is 2. The molecule has 0 amide bonds. The van der Waals surface area contributed by atoms with Crippen LogP contribution in [0.25, 0.3) is 0 Å². The molecular weight excluding hydrogens is 699 g/mol. The second-order valence-corrected chi connectivity index (χ2v) is 22.1. The fourth-order valence-corrected chi connectivity index (χ4v) is 9.51. The zero-order valence-electron chi connectivity index (χ0n) is 51.3. The van der Waals surface area contributed by atoms with Crippen LogP contribution in [-0.2, 0) is 32.5 Å². The lowest BCUT2D eigenvalue weighted by Crippen LogP contribution is -2.62. The van der Waals surface area contributed by atoms with Crippen LogP contribution in [0, 0.1) is 6.92 Å². The van der Waals surface area contributed by atoms with Gasteiger partial charge in [-0.1, -0.05) is 133 Å². The molecule has 0 aromatic heterocycles. The summed E-state index contributed by atoms with van der Waals surface area (Å²) in [6.45, 7) is 27.4. The molecule has 2 nitrogen and oxygen atoms in total. The minimum Gasteiger partial charge on any atom is -0.311 e. The van der Waals surface area contributed by atoms with Crippen molar-refractivity contribution in [3.05, 3.63) is 124 Å². The summed E-state index contributed by atoms with van der Waals surface area (Å²) in [5.41, 5.74) is -1.54. The first kappa shape index (κ1) is 26.1. The van der Waals surface area contributed by atoms with E-state index in [4.69, 9.17) is 0 Å². The van der Waals surface area contributed by atoms with E-state index in [0.29, 0.717) is 47.9 Å². The summed E-state index contributed by atoms with van der Waals surface area (Å²) in [7, 11) is 0. The number of benzene rings is 5. The molecule has 0 radical (unpaired) electrons. The molecule has 0 spiro atoms. The number of fused-ring (bicyclic) bond motifs is 6. The lowest BCUT2D eigenvalue weighted by Gasteiger charge is -2.48. The van der Waals surface area contributed by atoms with Gasteiger partial charge in [-0.3, -0.25) is 0 Å². The Morgan fingerprint density at radius 1 is 0.466 bits per heavy atom. The average molecular weight is 781 g/mol. The number of hydrogen-bond acceptors (Lipinski definition) is 2. The number of rotatable bonds is 2. The van der Waals surface area contributed by atoms with Crippen molar-refractivity contribution < 1.29 is 19.2 Å². The molecule has 0 fully saturated rings. The Bertz CT molecular complexity index is 3270. The van der Waals surface area contributed by atoms with E-state index in [2.05, 4.69) is 0 Å². The number of anilines is 6. The zero-order valence-corrected chi connectivity index (χ0v) is 37.3. The molecule has 5 aromatic carbocycles. The molecule has 0 saturated carbocycles. The molecule has 2 heterocycles. The lowest BCUT2D eigenvalue weighted by molar-refractivity contribution is 0.332. The van der Waals surface area contributed by atoms with E-state index in [1.165, 1.54) is 4.90 Å². The van der Waals surface area contributed by atoms with Crippen LogP contribution in [-0.4, -0.2) is 6.71 Å². The van der Waals surface area contributed by atoms with Crippen LogP contribution < -0.4 is 26.2 Å². The van der Waals surface area contributed by atoms with Crippen LogP contribution in [0.15, 0.2) is 84.6 Å². The van der Waals surface area contributed by atoms with Crippen molar-refractivity contribution >= 4 is 57.2 Å². The van der Waals surface area contributed by atoms with Crippen molar-refractivity contribution in [3.63, 3.8) is 0 Å². The Morgan fingerprint density at radius 3 is 1.47 bits per heavy atom. The first-order valence-corrected chi connectivity index (χ1v) is 21.1. The summed E-state index contributed by atoms with van der Waals surface area (Å²) >= 11 is 0. The zero-order chi connectivity index (χ0) is 53.9. The van der Waals surface area contributed by atoms with E-state index in [9.17, 15) is 19.2 Å². The van der Waals surface area contributed by atoms with Gasteiger partial charge in [-0.15, -0.1) is 0 Å². The standard InChI is InChI=1S/C55H67BN2/c1-34-28-47-49-48(29-34)58(38-21-22-39-40(31-38)53(10,11)25-24-52(39,8)9)46-33-42-41(54(12,13)26-27-55(42,14)15)32-44(46)56(49)43-30-36(51(5,6)7)18-23-45(43)57(47)37-19-16-35(17-20-37)50(2,3)4/h16-23,28-33H,24-27H2,1-15H3/i16D,17D,18D,19D,20D,21D,22D,23D,28D,29D,30D,31D,32D,33D. The SMILES string of the molecule is [2H]c1c([2H])c(C(C)(C)C)c([2H])c([2H])c1N1c2c([2H])c([2H])c(C(C)(C)C)c([2H])c2B2c3c([2H])c4c(c([2H])c3N(c3c([2H])c([2H])c5c(c3[2H])C(C)(C)CCC5(C)C)c3c([2H])c(C)c([2H])c1c32)C(C)(C)CCC4(C)C. The van der Waals surface area contributed by atoms with Gasteiger partial charge in [0.25, 0.3) is 6.71 Å². The van der Waals surface area contributed by atoms with Gasteiger partial charge < -0.3 is 9.80 Å².